The average Bonchev–Trinajstić information content (AvgIpc) is 3.34. The minimum absolute atomic E-state index is 0.380. The van der Waals surface area contributed by atoms with Gasteiger partial charge in [0, 0.05) is 61.4 Å². The molecule has 5 heterocycles. The van der Waals surface area contributed by atoms with Gasteiger partial charge in [-0.15, -0.1) is 0 Å². The van der Waals surface area contributed by atoms with Crippen LogP contribution in [0.25, 0.3) is 22.2 Å². The Hall–Kier alpha value is -3.12. The lowest BCUT2D eigenvalue weighted by Crippen LogP contribution is -2.38. The molecule has 2 fully saturated rings. The molecule has 158 valence electrons. The molecule has 0 radical (unpaired) electrons. The predicted octanol–water partition coefficient (Wildman–Crippen LogP) is 4.21. The van der Waals surface area contributed by atoms with Crippen LogP contribution >= 0.6 is 0 Å². The lowest BCUT2D eigenvalue weighted by molar-refractivity contribution is 0.122. The van der Waals surface area contributed by atoms with Gasteiger partial charge in [-0.05, 0) is 36.4 Å². The zero-order chi connectivity index (χ0) is 20.6. The molecule has 0 unspecified atom stereocenters. The molecular weight excluding hydrogens is 386 g/mol. The number of nitrogens with zero attached hydrogens (tertiary/aromatic N) is 5. The Balaban J connectivity index is 1.33. The molecule has 0 aliphatic carbocycles. The van der Waals surface area contributed by atoms with Crippen molar-refractivity contribution in [1.82, 2.24) is 14.5 Å². The molecule has 0 amide bonds. The Morgan fingerprint density at radius 3 is 2.68 bits per heavy atom. The normalized spacial score (nSPS) is 19.9. The van der Waals surface area contributed by atoms with Crippen molar-refractivity contribution in [2.45, 2.75) is 18.9 Å². The number of hydrogen-bond acceptors (Lipinski definition) is 5. The van der Waals surface area contributed by atoms with Gasteiger partial charge in [0.2, 0.25) is 0 Å². The standard InChI is InChI=1S/C25H27N5O/c1-2-6-21-19(4-1)7-10-26-24(21)29-12-3-5-20(18-29)30-13-9-23(22-8-11-27-25(22)30)28-14-16-31-17-15-28/h1-2,4,6-11,13,20H,3,5,12,14-18H2/t20-/m1/s1. The van der Waals surface area contributed by atoms with E-state index < -0.39 is 0 Å². The maximum atomic E-state index is 5.54. The first kappa shape index (κ1) is 18.6. The summed E-state index contributed by atoms with van der Waals surface area (Å²) < 4.78 is 7.93. The average molecular weight is 414 g/mol. The second-order valence-corrected chi connectivity index (χ2v) is 8.49. The molecule has 0 bridgehead atoms. The highest BCUT2D eigenvalue weighted by molar-refractivity contribution is 5.92. The molecule has 2 aromatic rings. The van der Waals surface area contributed by atoms with Gasteiger partial charge in [-0.3, -0.25) is 0 Å². The maximum Gasteiger partial charge on any atom is 0.142 e. The first-order valence-electron chi connectivity index (χ1n) is 11.3. The van der Waals surface area contributed by atoms with Crippen LogP contribution in [-0.4, -0.2) is 53.9 Å². The van der Waals surface area contributed by atoms with Crippen LogP contribution in [0, 0.1) is 0 Å². The van der Waals surface area contributed by atoms with Crippen molar-refractivity contribution < 1.29 is 4.74 Å². The van der Waals surface area contributed by atoms with Crippen molar-refractivity contribution in [3.8, 4) is 11.4 Å². The zero-order valence-electron chi connectivity index (χ0n) is 17.7. The van der Waals surface area contributed by atoms with Crippen molar-refractivity contribution in [3.63, 3.8) is 0 Å². The Morgan fingerprint density at radius 1 is 0.871 bits per heavy atom. The van der Waals surface area contributed by atoms with E-state index >= 15 is 0 Å². The van der Waals surface area contributed by atoms with Crippen LogP contribution in [0.15, 0.2) is 61.1 Å². The van der Waals surface area contributed by atoms with Crippen molar-refractivity contribution >= 4 is 22.3 Å². The van der Waals surface area contributed by atoms with Crippen LogP contribution in [0.5, 0.6) is 0 Å². The molecule has 6 rings (SSSR count). The Kier molecular flexibility index (Phi) is 4.72. The van der Waals surface area contributed by atoms with Crippen LogP contribution in [0.2, 0.25) is 0 Å². The SMILES string of the molecule is c1ccc2c(N3CCC[C@@H](n4ccc(N5CCOCC5)c5ccnc4-5)C3)nccc2c1. The topological polar surface area (TPSA) is 46.4 Å². The monoisotopic (exact) mass is 413 g/mol. The Morgan fingerprint density at radius 2 is 1.74 bits per heavy atom. The number of piperidine rings is 1. The summed E-state index contributed by atoms with van der Waals surface area (Å²) in [5.74, 6) is 2.18. The van der Waals surface area contributed by atoms with Crippen LogP contribution < -0.4 is 9.80 Å². The van der Waals surface area contributed by atoms with E-state index in [0.717, 1.165) is 63.9 Å². The largest absolute Gasteiger partial charge is 0.378 e. The number of rotatable bonds is 3. The van der Waals surface area contributed by atoms with E-state index in [0.29, 0.717) is 6.04 Å². The smallest absolute Gasteiger partial charge is 0.142 e. The first-order chi connectivity index (χ1) is 15.4. The molecule has 0 N–H and O–H groups in total. The highest BCUT2D eigenvalue weighted by Gasteiger charge is 2.27. The summed E-state index contributed by atoms with van der Waals surface area (Å²) in [5.41, 5.74) is 2.51. The lowest BCUT2D eigenvalue weighted by atomic mass is 10.0. The van der Waals surface area contributed by atoms with Crippen LogP contribution in [0.4, 0.5) is 11.5 Å². The van der Waals surface area contributed by atoms with Crippen molar-refractivity contribution in [1.29, 1.82) is 0 Å². The molecule has 6 nitrogen and oxygen atoms in total. The van der Waals surface area contributed by atoms with E-state index in [-0.39, 0.29) is 0 Å². The molecule has 31 heavy (non-hydrogen) atoms. The van der Waals surface area contributed by atoms with Gasteiger partial charge in [0.1, 0.15) is 11.6 Å². The first-order valence-corrected chi connectivity index (χ1v) is 11.3. The summed E-state index contributed by atoms with van der Waals surface area (Å²) in [7, 11) is 0. The van der Waals surface area contributed by atoms with Gasteiger partial charge < -0.3 is 19.1 Å². The second-order valence-electron chi connectivity index (χ2n) is 8.49. The van der Waals surface area contributed by atoms with Gasteiger partial charge >= 0.3 is 0 Å². The molecule has 1 aromatic carbocycles. The van der Waals surface area contributed by atoms with Gasteiger partial charge in [-0.1, -0.05) is 24.3 Å². The molecule has 4 aliphatic heterocycles. The fourth-order valence-electron chi connectivity index (χ4n) is 5.15. The van der Waals surface area contributed by atoms with E-state index in [1.165, 1.54) is 22.0 Å². The lowest BCUT2D eigenvalue weighted by Gasteiger charge is -2.37. The van der Waals surface area contributed by atoms with E-state index in [2.05, 4.69) is 63.0 Å². The van der Waals surface area contributed by atoms with Gasteiger partial charge in [0.05, 0.1) is 19.3 Å². The third-order valence-corrected chi connectivity index (χ3v) is 6.69. The quantitative estimate of drug-likeness (QED) is 0.503. The predicted molar refractivity (Wildman–Crippen MR) is 124 cm³/mol. The van der Waals surface area contributed by atoms with Gasteiger partial charge in [0.15, 0.2) is 0 Å². The van der Waals surface area contributed by atoms with E-state index in [4.69, 9.17) is 14.7 Å². The Labute approximate surface area is 182 Å². The van der Waals surface area contributed by atoms with Crippen molar-refractivity contribution in [2.75, 3.05) is 49.2 Å². The number of fused-ring (bicyclic) bond motifs is 2. The summed E-state index contributed by atoms with van der Waals surface area (Å²) in [6.45, 7) is 5.45. The number of hydrogen-bond donors (Lipinski definition) is 0. The molecule has 2 saturated heterocycles. The van der Waals surface area contributed by atoms with Gasteiger partial charge in [0.25, 0.3) is 0 Å². The summed E-state index contributed by atoms with van der Waals surface area (Å²) in [4.78, 5) is 14.4. The fraction of sp³-hybridized carbons (Fsp3) is 0.360. The summed E-state index contributed by atoms with van der Waals surface area (Å²) in [6, 6.07) is 15.4. The second kappa shape index (κ2) is 7.85. The molecule has 1 atom stereocenters. The number of aromatic nitrogens is 3. The van der Waals surface area contributed by atoms with Gasteiger partial charge in [-0.25, -0.2) is 9.97 Å². The number of ether oxygens (including phenoxy) is 1. The molecule has 0 spiro atoms. The summed E-state index contributed by atoms with van der Waals surface area (Å²) >= 11 is 0. The van der Waals surface area contributed by atoms with Crippen molar-refractivity contribution in [2.24, 2.45) is 0 Å². The summed E-state index contributed by atoms with van der Waals surface area (Å²) in [5, 5.41) is 2.48. The van der Waals surface area contributed by atoms with Gasteiger partial charge in [-0.2, -0.15) is 0 Å². The molecular formula is C25H27N5O. The number of morpholine rings is 1. The molecule has 0 saturated carbocycles. The number of benzene rings is 1. The van der Waals surface area contributed by atoms with Crippen LogP contribution in [0.1, 0.15) is 18.9 Å². The van der Waals surface area contributed by atoms with E-state index in [1.807, 2.05) is 12.4 Å². The summed E-state index contributed by atoms with van der Waals surface area (Å²) in [6.07, 6.45) is 8.42. The van der Waals surface area contributed by atoms with Crippen LogP contribution in [-0.2, 0) is 4.74 Å². The molecule has 1 aromatic heterocycles. The molecule has 6 heteroatoms. The van der Waals surface area contributed by atoms with Crippen LogP contribution in [0.3, 0.4) is 0 Å². The van der Waals surface area contributed by atoms with E-state index in [9.17, 15) is 0 Å². The van der Waals surface area contributed by atoms with Crippen molar-refractivity contribution in [3.05, 3.63) is 61.1 Å². The third kappa shape index (κ3) is 3.31. The number of anilines is 2. The zero-order valence-corrected chi connectivity index (χ0v) is 17.7. The van der Waals surface area contributed by atoms with E-state index in [1.54, 1.807) is 0 Å². The maximum absolute atomic E-state index is 5.54. The minimum Gasteiger partial charge on any atom is -0.378 e. The minimum atomic E-state index is 0.380. The highest BCUT2D eigenvalue weighted by atomic mass is 16.5. The Bertz CT molecular complexity index is 1160. The third-order valence-electron chi connectivity index (χ3n) is 6.69. The fourth-order valence-corrected chi connectivity index (χ4v) is 5.15. The molecule has 4 aliphatic rings. The number of pyridine rings is 2. The highest BCUT2D eigenvalue weighted by Crippen LogP contribution is 2.37.